The van der Waals surface area contributed by atoms with Crippen molar-refractivity contribution in [2.75, 3.05) is 31.1 Å². The van der Waals surface area contributed by atoms with Gasteiger partial charge in [-0.25, -0.2) is 0 Å². The molecule has 0 saturated carbocycles. The number of amides is 2. The average molecular weight is 360 g/mol. The Morgan fingerprint density at radius 2 is 2.15 bits per heavy atom. The Morgan fingerprint density at radius 3 is 2.81 bits per heavy atom. The van der Waals surface area contributed by atoms with E-state index in [4.69, 9.17) is 9.84 Å². The number of hydrogen-bond acceptors (Lipinski definition) is 4. The second-order valence-electron chi connectivity index (χ2n) is 6.73. The van der Waals surface area contributed by atoms with Crippen LogP contribution < -0.4 is 4.90 Å². The Hall–Kier alpha value is -2.41. The maximum atomic E-state index is 13.0. The average Bonchev–Trinajstić information content (AvgIpc) is 3.29. The topological polar surface area (TPSA) is 87.2 Å². The van der Waals surface area contributed by atoms with Gasteiger partial charge in [-0.05, 0) is 37.5 Å². The SMILES string of the molecule is O=C(O)CCN(C[C@H]1CCCO1)C(=O)c1cccc(N2CCCC2=O)c1. The summed E-state index contributed by atoms with van der Waals surface area (Å²) in [5.74, 6) is -1.10. The van der Waals surface area contributed by atoms with Crippen LogP contribution in [0.5, 0.6) is 0 Å². The number of carboxylic acid groups (broad SMARTS) is 1. The number of carbonyl (C=O) groups excluding carboxylic acids is 2. The molecule has 2 saturated heterocycles. The van der Waals surface area contributed by atoms with Gasteiger partial charge in [0.15, 0.2) is 0 Å². The minimum Gasteiger partial charge on any atom is -0.481 e. The molecule has 1 aromatic rings. The molecule has 2 heterocycles. The molecule has 7 heteroatoms. The van der Waals surface area contributed by atoms with Crippen LogP contribution >= 0.6 is 0 Å². The first-order valence-electron chi connectivity index (χ1n) is 9.07. The lowest BCUT2D eigenvalue weighted by Crippen LogP contribution is -2.39. The van der Waals surface area contributed by atoms with Gasteiger partial charge in [0.2, 0.25) is 5.91 Å². The Balaban J connectivity index is 1.76. The van der Waals surface area contributed by atoms with E-state index >= 15 is 0 Å². The summed E-state index contributed by atoms with van der Waals surface area (Å²) in [6.07, 6.45) is 3.03. The van der Waals surface area contributed by atoms with Crippen molar-refractivity contribution < 1.29 is 24.2 Å². The molecule has 0 spiro atoms. The van der Waals surface area contributed by atoms with Crippen molar-refractivity contribution in [2.45, 2.75) is 38.2 Å². The predicted molar refractivity (Wildman–Crippen MR) is 95.2 cm³/mol. The Bertz CT molecular complexity index is 684. The highest BCUT2D eigenvalue weighted by molar-refractivity contribution is 5.99. The van der Waals surface area contributed by atoms with Gasteiger partial charge in [0.25, 0.3) is 5.91 Å². The lowest BCUT2D eigenvalue weighted by atomic mass is 10.1. The van der Waals surface area contributed by atoms with E-state index in [-0.39, 0.29) is 30.9 Å². The Labute approximate surface area is 152 Å². The highest BCUT2D eigenvalue weighted by Gasteiger charge is 2.26. The molecule has 2 aliphatic rings. The standard InChI is InChI=1S/C19H24N2O5/c22-17-7-2-9-21(17)15-5-1-4-14(12-15)19(25)20(10-8-18(23)24)13-16-6-3-11-26-16/h1,4-5,12,16H,2-3,6-11,13H2,(H,23,24)/t16-/m1/s1. The van der Waals surface area contributed by atoms with E-state index < -0.39 is 5.97 Å². The molecule has 2 aliphatic heterocycles. The van der Waals surface area contributed by atoms with E-state index in [1.165, 1.54) is 0 Å². The summed E-state index contributed by atoms with van der Waals surface area (Å²) in [5, 5.41) is 8.98. The Kier molecular flexibility index (Phi) is 5.88. The van der Waals surface area contributed by atoms with E-state index in [1.807, 2.05) is 6.07 Å². The molecule has 0 unspecified atom stereocenters. The van der Waals surface area contributed by atoms with Crippen molar-refractivity contribution in [3.8, 4) is 0 Å². The first-order chi connectivity index (χ1) is 12.5. The third-order valence-corrected chi connectivity index (χ3v) is 4.81. The summed E-state index contributed by atoms with van der Waals surface area (Å²) in [4.78, 5) is 39.1. The molecule has 140 valence electrons. The molecule has 0 radical (unpaired) electrons. The zero-order valence-electron chi connectivity index (χ0n) is 14.7. The third-order valence-electron chi connectivity index (χ3n) is 4.81. The molecular formula is C19H24N2O5. The first-order valence-corrected chi connectivity index (χ1v) is 9.07. The minimum atomic E-state index is -0.938. The smallest absolute Gasteiger partial charge is 0.305 e. The van der Waals surface area contributed by atoms with Gasteiger partial charge in [0.1, 0.15) is 0 Å². The number of anilines is 1. The minimum absolute atomic E-state index is 0.0453. The summed E-state index contributed by atoms with van der Waals surface area (Å²) in [6, 6.07) is 7.00. The van der Waals surface area contributed by atoms with Crippen LogP contribution in [0.2, 0.25) is 0 Å². The normalized spacial score (nSPS) is 19.8. The zero-order valence-corrected chi connectivity index (χ0v) is 14.7. The van der Waals surface area contributed by atoms with Gasteiger partial charge >= 0.3 is 5.97 Å². The molecule has 1 N–H and O–H groups in total. The monoisotopic (exact) mass is 360 g/mol. The number of rotatable bonds is 7. The van der Waals surface area contributed by atoms with Crippen LogP contribution in [0.15, 0.2) is 24.3 Å². The fraction of sp³-hybridized carbons (Fsp3) is 0.526. The van der Waals surface area contributed by atoms with Crippen molar-refractivity contribution in [3.05, 3.63) is 29.8 Å². The van der Waals surface area contributed by atoms with Crippen LogP contribution in [0.4, 0.5) is 5.69 Å². The predicted octanol–water partition coefficient (Wildman–Crippen LogP) is 1.91. The van der Waals surface area contributed by atoms with E-state index in [0.29, 0.717) is 37.4 Å². The van der Waals surface area contributed by atoms with Crippen LogP contribution in [0.1, 0.15) is 42.5 Å². The number of ether oxygens (including phenoxy) is 1. The number of carbonyl (C=O) groups is 3. The summed E-state index contributed by atoms with van der Waals surface area (Å²) >= 11 is 0. The van der Waals surface area contributed by atoms with Gasteiger partial charge in [-0.1, -0.05) is 6.07 Å². The maximum Gasteiger partial charge on any atom is 0.305 e. The van der Waals surface area contributed by atoms with Crippen molar-refractivity contribution in [2.24, 2.45) is 0 Å². The zero-order chi connectivity index (χ0) is 18.5. The van der Waals surface area contributed by atoms with E-state index in [9.17, 15) is 14.4 Å². The van der Waals surface area contributed by atoms with Gasteiger partial charge in [-0.2, -0.15) is 0 Å². The summed E-state index contributed by atoms with van der Waals surface area (Å²) in [6.45, 7) is 1.87. The van der Waals surface area contributed by atoms with Gasteiger partial charge in [0, 0.05) is 43.9 Å². The van der Waals surface area contributed by atoms with Gasteiger partial charge in [0.05, 0.1) is 12.5 Å². The molecule has 2 amide bonds. The maximum absolute atomic E-state index is 13.0. The molecular weight excluding hydrogens is 336 g/mol. The van der Waals surface area contributed by atoms with Crippen molar-refractivity contribution in [3.63, 3.8) is 0 Å². The first kappa shape index (κ1) is 18.4. The van der Waals surface area contributed by atoms with Crippen molar-refractivity contribution in [1.29, 1.82) is 0 Å². The second-order valence-corrected chi connectivity index (χ2v) is 6.73. The number of hydrogen-bond donors (Lipinski definition) is 1. The van der Waals surface area contributed by atoms with Crippen LogP contribution in [0, 0.1) is 0 Å². The molecule has 0 aliphatic carbocycles. The number of benzene rings is 1. The molecule has 26 heavy (non-hydrogen) atoms. The molecule has 2 fully saturated rings. The summed E-state index contributed by atoms with van der Waals surface area (Å²) < 4.78 is 5.60. The van der Waals surface area contributed by atoms with Gasteiger partial charge in [-0.15, -0.1) is 0 Å². The highest BCUT2D eigenvalue weighted by Crippen LogP contribution is 2.23. The van der Waals surface area contributed by atoms with Crippen molar-refractivity contribution in [1.82, 2.24) is 4.90 Å². The van der Waals surface area contributed by atoms with Gasteiger partial charge < -0.3 is 19.6 Å². The fourth-order valence-electron chi connectivity index (χ4n) is 3.45. The highest BCUT2D eigenvalue weighted by atomic mass is 16.5. The van der Waals surface area contributed by atoms with Gasteiger partial charge in [-0.3, -0.25) is 14.4 Å². The van der Waals surface area contributed by atoms with E-state index in [2.05, 4.69) is 0 Å². The number of carboxylic acids is 1. The molecule has 7 nitrogen and oxygen atoms in total. The fourth-order valence-corrected chi connectivity index (χ4v) is 3.45. The van der Waals surface area contributed by atoms with E-state index in [1.54, 1.807) is 28.0 Å². The molecule has 0 aromatic heterocycles. The second kappa shape index (κ2) is 8.31. The van der Waals surface area contributed by atoms with Crippen LogP contribution in [0.25, 0.3) is 0 Å². The largest absolute Gasteiger partial charge is 0.481 e. The number of nitrogens with zero attached hydrogens (tertiary/aromatic N) is 2. The molecule has 3 rings (SSSR count). The lowest BCUT2D eigenvalue weighted by molar-refractivity contribution is -0.137. The van der Waals surface area contributed by atoms with E-state index in [0.717, 1.165) is 19.3 Å². The Morgan fingerprint density at radius 1 is 1.31 bits per heavy atom. The summed E-state index contributed by atoms with van der Waals surface area (Å²) in [5.41, 5.74) is 1.18. The van der Waals surface area contributed by atoms with Crippen LogP contribution in [-0.2, 0) is 14.3 Å². The van der Waals surface area contributed by atoms with Crippen LogP contribution in [0.3, 0.4) is 0 Å². The quantitative estimate of drug-likeness (QED) is 0.803. The molecule has 1 aromatic carbocycles. The molecule has 0 bridgehead atoms. The third kappa shape index (κ3) is 4.40. The number of aliphatic carboxylic acids is 1. The summed E-state index contributed by atoms with van der Waals surface area (Å²) in [7, 11) is 0. The molecule has 1 atom stereocenters. The van der Waals surface area contributed by atoms with Crippen molar-refractivity contribution >= 4 is 23.5 Å². The lowest BCUT2D eigenvalue weighted by Gasteiger charge is -2.25. The van der Waals surface area contributed by atoms with Crippen LogP contribution in [-0.4, -0.2) is 60.1 Å².